The van der Waals surface area contributed by atoms with E-state index in [-0.39, 0.29) is 12.5 Å². The maximum Gasteiger partial charge on any atom is 0.220 e. The summed E-state index contributed by atoms with van der Waals surface area (Å²) in [5, 5.41) is 54.7. The molecule has 0 spiro atoms. The number of amides is 1. The Morgan fingerprint density at radius 2 is 0.778 bits per heavy atom. The van der Waals surface area contributed by atoms with Crippen LogP contribution in [0.1, 0.15) is 284 Å². The zero-order valence-corrected chi connectivity index (χ0v) is 52.0. The van der Waals surface area contributed by atoms with Crippen LogP contribution in [0.15, 0.2) is 109 Å². The Balaban J connectivity index is 2.21. The number of carbonyl (C=O) groups is 1. The van der Waals surface area contributed by atoms with Crippen LogP contribution in [-0.4, -0.2) is 87.5 Å². The van der Waals surface area contributed by atoms with Crippen molar-refractivity contribution in [2.75, 3.05) is 13.2 Å². The van der Waals surface area contributed by atoms with E-state index in [1.165, 1.54) is 161 Å². The molecule has 1 saturated heterocycles. The van der Waals surface area contributed by atoms with Crippen LogP contribution in [0.2, 0.25) is 0 Å². The van der Waals surface area contributed by atoms with Gasteiger partial charge in [-0.1, -0.05) is 297 Å². The largest absolute Gasteiger partial charge is 0.394 e. The number of hydrogen-bond donors (Lipinski definition) is 6. The van der Waals surface area contributed by atoms with Crippen LogP contribution in [0.3, 0.4) is 0 Å². The number of aliphatic hydroxyl groups is 5. The fourth-order valence-corrected chi connectivity index (χ4v) is 10.1. The second-order valence-electron chi connectivity index (χ2n) is 22.9. The molecule has 1 heterocycles. The van der Waals surface area contributed by atoms with E-state index in [1.54, 1.807) is 6.08 Å². The summed E-state index contributed by atoms with van der Waals surface area (Å²) in [5.74, 6) is -0.207. The minimum absolute atomic E-state index is 0.207. The van der Waals surface area contributed by atoms with E-state index in [2.05, 4.69) is 116 Å². The van der Waals surface area contributed by atoms with Gasteiger partial charge in [-0.3, -0.25) is 4.79 Å². The molecule has 0 aliphatic carbocycles. The lowest BCUT2D eigenvalue weighted by molar-refractivity contribution is -0.302. The van der Waals surface area contributed by atoms with Gasteiger partial charge in [-0.25, -0.2) is 0 Å². The predicted molar refractivity (Wildman–Crippen MR) is 345 cm³/mol. The first-order chi connectivity index (χ1) is 39.8. The van der Waals surface area contributed by atoms with Crippen molar-refractivity contribution in [1.29, 1.82) is 0 Å². The average Bonchev–Trinajstić information content (AvgIpc) is 3.48. The Kier molecular flexibility index (Phi) is 56.2. The van der Waals surface area contributed by atoms with Crippen LogP contribution >= 0.6 is 0 Å². The lowest BCUT2D eigenvalue weighted by atomic mass is 9.99. The van der Waals surface area contributed by atoms with Gasteiger partial charge in [0, 0.05) is 6.42 Å². The topological polar surface area (TPSA) is 149 Å². The fourth-order valence-electron chi connectivity index (χ4n) is 10.1. The maximum atomic E-state index is 13.1. The van der Waals surface area contributed by atoms with E-state index in [1.807, 2.05) is 6.08 Å². The Morgan fingerprint density at radius 1 is 0.432 bits per heavy atom. The maximum absolute atomic E-state index is 13.1. The number of nitrogens with one attached hydrogen (secondary N) is 1. The van der Waals surface area contributed by atoms with Crippen LogP contribution in [0, 0.1) is 0 Å². The highest BCUT2D eigenvalue weighted by molar-refractivity contribution is 5.76. The molecule has 1 aliphatic heterocycles. The number of unbranched alkanes of at least 4 members (excludes halogenated alkanes) is 31. The van der Waals surface area contributed by atoms with Gasteiger partial charge >= 0.3 is 0 Å². The van der Waals surface area contributed by atoms with E-state index in [0.717, 1.165) is 103 Å². The van der Waals surface area contributed by atoms with E-state index in [4.69, 9.17) is 9.47 Å². The van der Waals surface area contributed by atoms with Crippen LogP contribution in [0.5, 0.6) is 0 Å². The van der Waals surface area contributed by atoms with E-state index in [0.29, 0.717) is 6.42 Å². The van der Waals surface area contributed by atoms with Gasteiger partial charge in [-0.2, -0.15) is 0 Å². The summed E-state index contributed by atoms with van der Waals surface area (Å²) in [4.78, 5) is 13.1. The third kappa shape index (κ3) is 48.9. The first-order valence-electron chi connectivity index (χ1n) is 33.6. The minimum Gasteiger partial charge on any atom is -0.394 e. The highest BCUT2D eigenvalue weighted by Gasteiger charge is 2.44. The quantitative estimate of drug-likeness (QED) is 0.0261. The molecule has 6 N–H and O–H groups in total. The summed E-state index contributed by atoms with van der Waals surface area (Å²) in [6, 6.07) is -0.843. The van der Waals surface area contributed by atoms with Crippen molar-refractivity contribution in [2.24, 2.45) is 0 Å². The lowest BCUT2D eigenvalue weighted by Gasteiger charge is -2.40. The molecule has 0 saturated carbocycles. The number of rotatable bonds is 57. The van der Waals surface area contributed by atoms with Gasteiger partial charge in [0.05, 0.1) is 25.4 Å². The summed E-state index contributed by atoms with van der Waals surface area (Å²) < 4.78 is 11.3. The first-order valence-corrected chi connectivity index (χ1v) is 33.6. The predicted octanol–water partition coefficient (Wildman–Crippen LogP) is 18.1. The van der Waals surface area contributed by atoms with Gasteiger partial charge < -0.3 is 40.3 Å². The molecule has 0 bridgehead atoms. The first kappa shape index (κ1) is 75.9. The second-order valence-corrected chi connectivity index (χ2v) is 22.9. The highest BCUT2D eigenvalue weighted by Crippen LogP contribution is 2.23. The van der Waals surface area contributed by atoms with Crippen molar-refractivity contribution in [1.82, 2.24) is 5.32 Å². The van der Waals surface area contributed by atoms with Gasteiger partial charge in [-0.15, -0.1) is 0 Å². The van der Waals surface area contributed by atoms with Crippen molar-refractivity contribution < 1.29 is 39.8 Å². The van der Waals surface area contributed by atoms with E-state index >= 15 is 0 Å². The van der Waals surface area contributed by atoms with Crippen molar-refractivity contribution in [2.45, 2.75) is 326 Å². The smallest absolute Gasteiger partial charge is 0.220 e. The van der Waals surface area contributed by atoms with Gasteiger partial charge in [0.25, 0.3) is 0 Å². The van der Waals surface area contributed by atoms with Crippen LogP contribution in [-0.2, 0) is 14.3 Å². The molecule has 1 amide bonds. The van der Waals surface area contributed by atoms with Crippen LogP contribution < -0.4 is 5.32 Å². The zero-order chi connectivity index (χ0) is 58.6. The molecule has 7 unspecified atom stereocenters. The summed E-state index contributed by atoms with van der Waals surface area (Å²) in [5.41, 5.74) is 0. The SMILES string of the molecule is CC/C=C\C/C=C\C/C=C\C/C=C\C/C=C\C/C=C\C/C=C\CCCCCCCC(=O)NC(COC1OC(CO)C(O)C(O)C1O)C(O)/C=C/CC/C=C/CCCCCCCCCCCCCCCCCCCCCCCCCCC. The standard InChI is InChI=1S/C72H125NO8/c1-3-5-7-9-11-13-15-17-19-21-23-25-27-29-31-32-33-34-36-37-39-41-43-45-47-49-51-53-55-57-59-61-66(75)65(64-80-72-71(79)70(78)69(77)67(63-74)81-72)73-68(76)62-60-58-56-54-52-50-48-46-44-42-40-38-35-30-28-26-24-22-20-18-16-14-12-10-8-6-4-2/h6,8,12,14,18,20,24,26,30,35,40,42,46,48,51,53,59,61,65-67,69-72,74-75,77-79H,3-5,7,9-11,13,15-17,19,21-23,25,27-29,31-34,36-39,41,43-45,47,49-50,52,54-58,60,62-64H2,1-2H3,(H,73,76)/b8-6-,14-12-,20-18-,26-24-,35-30-,42-40-,48-46-,53-51+,61-59+. The van der Waals surface area contributed by atoms with Crippen molar-refractivity contribution in [3.63, 3.8) is 0 Å². The Labute approximate surface area is 497 Å². The molecule has 0 aromatic heterocycles. The van der Waals surface area contributed by atoms with Crippen molar-refractivity contribution in [3.8, 4) is 0 Å². The molecule has 1 rings (SSSR count). The van der Waals surface area contributed by atoms with E-state index < -0.39 is 49.5 Å². The Morgan fingerprint density at radius 3 is 1.19 bits per heavy atom. The summed E-state index contributed by atoms with van der Waals surface area (Å²) in [6.45, 7) is 3.66. The average molecular weight is 1130 g/mol. The normalized spacial score (nSPS) is 19.1. The number of hydrogen-bond acceptors (Lipinski definition) is 8. The van der Waals surface area contributed by atoms with Gasteiger partial charge in [0.1, 0.15) is 24.4 Å². The molecule has 1 aliphatic rings. The molecule has 9 nitrogen and oxygen atoms in total. The third-order valence-electron chi connectivity index (χ3n) is 15.3. The number of carbonyl (C=O) groups excluding carboxylic acids is 1. The van der Waals surface area contributed by atoms with Crippen molar-refractivity contribution in [3.05, 3.63) is 109 Å². The van der Waals surface area contributed by atoms with Gasteiger partial charge in [0.2, 0.25) is 5.91 Å². The molecule has 0 aromatic rings. The monoisotopic (exact) mass is 1130 g/mol. The summed E-state index contributed by atoms with van der Waals surface area (Å²) >= 11 is 0. The fraction of sp³-hybridized carbons (Fsp3) is 0.736. The molecule has 0 radical (unpaired) electrons. The molecule has 9 heteroatoms. The van der Waals surface area contributed by atoms with Gasteiger partial charge in [-0.05, 0) is 89.9 Å². The lowest BCUT2D eigenvalue weighted by Crippen LogP contribution is -2.60. The Bertz CT molecular complexity index is 1640. The van der Waals surface area contributed by atoms with Crippen LogP contribution in [0.4, 0.5) is 0 Å². The molecule has 7 atom stereocenters. The van der Waals surface area contributed by atoms with E-state index in [9.17, 15) is 30.3 Å². The molecule has 81 heavy (non-hydrogen) atoms. The molecular formula is C72H125NO8. The van der Waals surface area contributed by atoms with Crippen molar-refractivity contribution >= 4 is 5.91 Å². The zero-order valence-electron chi connectivity index (χ0n) is 52.0. The molecular weight excluding hydrogens is 1010 g/mol. The highest BCUT2D eigenvalue weighted by atomic mass is 16.7. The number of ether oxygens (including phenoxy) is 2. The third-order valence-corrected chi connectivity index (χ3v) is 15.3. The van der Waals surface area contributed by atoms with Gasteiger partial charge in [0.15, 0.2) is 6.29 Å². The minimum atomic E-state index is -1.58. The molecule has 0 aromatic carbocycles. The number of allylic oxidation sites excluding steroid dienone is 17. The number of aliphatic hydroxyl groups excluding tert-OH is 5. The summed E-state index contributed by atoms with van der Waals surface area (Å²) in [6.07, 6.45) is 81.8. The second kappa shape index (κ2) is 60.0. The van der Waals surface area contributed by atoms with Crippen LogP contribution in [0.25, 0.3) is 0 Å². The Hall–Kier alpha value is -3.15. The summed E-state index contributed by atoms with van der Waals surface area (Å²) in [7, 11) is 0. The molecule has 1 fully saturated rings. The molecule has 466 valence electrons.